The molecule has 238 valence electrons. The highest BCUT2D eigenvalue weighted by molar-refractivity contribution is 5.66. The molecule has 0 atom stereocenters. The lowest BCUT2D eigenvalue weighted by atomic mass is 9.75. The number of hydrogen-bond donors (Lipinski definition) is 0. The zero-order chi connectivity index (χ0) is 31.4. The van der Waals surface area contributed by atoms with E-state index in [0.717, 1.165) is 67.3 Å². The molecule has 5 rings (SSSR count). The number of alkyl halides is 3. The Kier molecular flexibility index (Phi) is 10.0. The molecule has 2 aliphatic rings. The van der Waals surface area contributed by atoms with Crippen molar-refractivity contribution < 1.29 is 49.7 Å². The summed E-state index contributed by atoms with van der Waals surface area (Å²) in [6.07, 6.45) is 1.29. The lowest BCUT2D eigenvalue weighted by molar-refractivity contribution is -0.274. The SMILES string of the molecule is CCC[C@H]1CC[C@H]([C@H]2CO[C@H](c3cc(F)c(OCc4cc(F)c(-c5ccc(OC(F)(F)F)cc5)c(F)c4)c(F)c3)OC2)CC1. The van der Waals surface area contributed by atoms with Crippen LogP contribution in [0.4, 0.5) is 30.7 Å². The zero-order valence-corrected chi connectivity index (χ0v) is 24.1. The van der Waals surface area contributed by atoms with E-state index >= 15 is 0 Å². The molecule has 44 heavy (non-hydrogen) atoms. The van der Waals surface area contributed by atoms with E-state index in [1.807, 2.05) is 0 Å². The summed E-state index contributed by atoms with van der Waals surface area (Å²) in [6, 6.07) is 7.93. The van der Waals surface area contributed by atoms with Crippen LogP contribution in [0.5, 0.6) is 11.5 Å². The van der Waals surface area contributed by atoms with Crippen LogP contribution >= 0.6 is 0 Å². The quantitative estimate of drug-likeness (QED) is 0.222. The van der Waals surface area contributed by atoms with E-state index in [0.29, 0.717) is 19.1 Å². The van der Waals surface area contributed by atoms with Gasteiger partial charge in [0.1, 0.15) is 24.0 Å². The molecule has 1 heterocycles. The third-order valence-electron chi connectivity index (χ3n) is 8.33. The Morgan fingerprint density at radius 3 is 1.91 bits per heavy atom. The fraction of sp³-hybridized carbons (Fsp3) is 0.455. The van der Waals surface area contributed by atoms with E-state index in [9.17, 15) is 30.7 Å². The lowest BCUT2D eigenvalue weighted by Gasteiger charge is -2.37. The third kappa shape index (κ3) is 7.85. The minimum atomic E-state index is -4.91. The average Bonchev–Trinajstić information content (AvgIpc) is 2.97. The molecule has 0 spiro atoms. The Bertz CT molecular complexity index is 1360. The van der Waals surface area contributed by atoms with Crippen molar-refractivity contribution in [3.63, 3.8) is 0 Å². The Morgan fingerprint density at radius 1 is 0.773 bits per heavy atom. The highest BCUT2D eigenvalue weighted by Crippen LogP contribution is 2.39. The van der Waals surface area contributed by atoms with Gasteiger partial charge in [-0.25, -0.2) is 17.6 Å². The maximum absolute atomic E-state index is 14.9. The second-order valence-electron chi connectivity index (χ2n) is 11.4. The van der Waals surface area contributed by atoms with Gasteiger partial charge in [0, 0.05) is 11.5 Å². The molecule has 1 saturated heterocycles. The van der Waals surface area contributed by atoms with Crippen LogP contribution in [-0.2, 0) is 16.1 Å². The number of benzene rings is 3. The smallest absolute Gasteiger partial charge is 0.483 e. The van der Waals surface area contributed by atoms with E-state index in [-0.39, 0.29) is 22.6 Å². The van der Waals surface area contributed by atoms with Gasteiger partial charge in [-0.3, -0.25) is 0 Å². The largest absolute Gasteiger partial charge is 0.573 e. The van der Waals surface area contributed by atoms with Crippen molar-refractivity contribution in [1.29, 1.82) is 0 Å². The van der Waals surface area contributed by atoms with Gasteiger partial charge < -0.3 is 18.9 Å². The summed E-state index contributed by atoms with van der Waals surface area (Å²) in [5, 5.41) is 0. The molecule has 3 aromatic carbocycles. The van der Waals surface area contributed by atoms with Crippen molar-refractivity contribution in [3.05, 3.63) is 82.9 Å². The first kappa shape index (κ1) is 32.1. The molecular weight excluding hydrogens is 593 g/mol. The molecule has 0 radical (unpaired) electrons. The summed E-state index contributed by atoms with van der Waals surface area (Å²) in [4.78, 5) is 0. The summed E-state index contributed by atoms with van der Waals surface area (Å²) in [6.45, 7) is 2.52. The summed E-state index contributed by atoms with van der Waals surface area (Å²) < 4.78 is 117. The fourth-order valence-electron chi connectivity index (χ4n) is 6.16. The first-order chi connectivity index (χ1) is 21.0. The summed E-state index contributed by atoms with van der Waals surface area (Å²) in [5.74, 6) is -3.87. The van der Waals surface area contributed by atoms with E-state index < -0.39 is 59.6 Å². The molecule has 1 saturated carbocycles. The fourth-order valence-corrected chi connectivity index (χ4v) is 6.16. The predicted octanol–water partition coefficient (Wildman–Crippen LogP) is 9.66. The summed E-state index contributed by atoms with van der Waals surface area (Å²) >= 11 is 0. The third-order valence-corrected chi connectivity index (χ3v) is 8.33. The molecular formula is C33H33F7O4. The van der Waals surface area contributed by atoms with Crippen molar-refractivity contribution in [2.24, 2.45) is 17.8 Å². The molecule has 0 bridgehead atoms. The van der Waals surface area contributed by atoms with Crippen LogP contribution in [-0.4, -0.2) is 19.6 Å². The highest BCUT2D eigenvalue weighted by Gasteiger charge is 2.33. The zero-order valence-electron chi connectivity index (χ0n) is 24.1. The first-order valence-electron chi connectivity index (χ1n) is 14.7. The van der Waals surface area contributed by atoms with Gasteiger partial charge in [-0.05, 0) is 72.2 Å². The van der Waals surface area contributed by atoms with Crippen LogP contribution in [0.1, 0.15) is 62.9 Å². The van der Waals surface area contributed by atoms with E-state index in [1.54, 1.807) is 0 Å². The van der Waals surface area contributed by atoms with Gasteiger partial charge in [0.05, 0.1) is 18.8 Å². The molecule has 0 unspecified atom stereocenters. The Balaban J connectivity index is 1.18. The van der Waals surface area contributed by atoms with Gasteiger partial charge in [0.25, 0.3) is 0 Å². The molecule has 3 aromatic rings. The van der Waals surface area contributed by atoms with Gasteiger partial charge in [-0.15, -0.1) is 13.2 Å². The highest BCUT2D eigenvalue weighted by atomic mass is 19.4. The Hall–Kier alpha value is -3.31. The van der Waals surface area contributed by atoms with Crippen LogP contribution < -0.4 is 9.47 Å². The molecule has 1 aliphatic heterocycles. The maximum Gasteiger partial charge on any atom is 0.573 e. The summed E-state index contributed by atoms with van der Waals surface area (Å²) in [7, 11) is 0. The Morgan fingerprint density at radius 2 is 1.36 bits per heavy atom. The topological polar surface area (TPSA) is 36.9 Å². The van der Waals surface area contributed by atoms with Gasteiger partial charge in [-0.1, -0.05) is 44.7 Å². The van der Waals surface area contributed by atoms with Crippen LogP contribution in [0, 0.1) is 41.0 Å². The van der Waals surface area contributed by atoms with Gasteiger partial charge in [0.2, 0.25) is 0 Å². The molecule has 4 nitrogen and oxygen atoms in total. The second kappa shape index (κ2) is 13.8. The van der Waals surface area contributed by atoms with Crippen LogP contribution in [0.3, 0.4) is 0 Å². The number of ether oxygens (including phenoxy) is 4. The van der Waals surface area contributed by atoms with E-state index in [1.165, 1.54) is 25.7 Å². The van der Waals surface area contributed by atoms with E-state index in [4.69, 9.17) is 14.2 Å². The monoisotopic (exact) mass is 626 g/mol. The summed E-state index contributed by atoms with van der Waals surface area (Å²) in [5.41, 5.74) is -0.427. The molecule has 0 N–H and O–H groups in total. The minimum absolute atomic E-state index is 0.0347. The van der Waals surface area contributed by atoms with Gasteiger partial charge >= 0.3 is 6.36 Å². The molecule has 11 heteroatoms. The maximum atomic E-state index is 14.9. The van der Waals surface area contributed by atoms with Crippen LogP contribution in [0.15, 0.2) is 48.5 Å². The Labute approximate surface area is 251 Å². The van der Waals surface area contributed by atoms with Crippen molar-refractivity contribution in [2.45, 2.75) is 64.7 Å². The van der Waals surface area contributed by atoms with E-state index in [2.05, 4.69) is 11.7 Å². The lowest BCUT2D eigenvalue weighted by Crippen LogP contribution is -2.34. The number of hydrogen-bond acceptors (Lipinski definition) is 4. The standard InChI is InChI=1S/C33H33F7O4/c1-2-3-19-4-6-21(7-5-19)24-17-42-32(43-18-24)23-14-28(36)31(29(37)15-23)41-16-20-12-26(34)30(27(35)13-20)22-8-10-25(11-9-22)44-33(38,39)40/h8-15,19,21,24,32H,2-7,16-18H2,1H3/t19-,21-,24-,32-. The minimum Gasteiger partial charge on any atom is -0.483 e. The molecule has 1 aliphatic carbocycles. The van der Waals surface area contributed by atoms with Crippen molar-refractivity contribution in [1.82, 2.24) is 0 Å². The van der Waals surface area contributed by atoms with Crippen LogP contribution in [0.25, 0.3) is 11.1 Å². The molecule has 2 fully saturated rings. The van der Waals surface area contributed by atoms with Crippen molar-refractivity contribution >= 4 is 0 Å². The van der Waals surface area contributed by atoms with Crippen molar-refractivity contribution in [3.8, 4) is 22.6 Å². The number of rotatable bonds is 9. The van der Waals surface area contributed by atoms with Gasteiger partial charge in [0.15, 0.2) is 23.7 Å². The van der Waals surface area contributed by atoms with Crippen LogP contribution in [0.2, 0.25) is 0 Å². The number of halogens is 7. The average molecular weight is 627 g/mol. The van der Waals surface area contributed by atoms with Gasteiger partial charge in [-0.2, -0.15) is 0 Å². The first-order valence-corrected chi connectivity index (χ1v) is 14.7. The van der Waals surface area contributed by atoms with Crippen molar-refractivity contribution in [2.75, 3.05) is 13.2 Å². The predicted molar refractivity (Wildman–Crippen MR) is 148 cm³/mol. The second-order valence-corrected chi connectivity index (χ2v) is 11.4. The molecule has 0 aromatic heterocycles. The normalized spacial score (nSPS) is 22.5. The molecule has 0 amide bonds.